The van der Waals surface area contributed by atoms with Gasteiger partial charge in [-0.1, -0.05) is 72.8 Å². The largest absolute Gasteiger partial charge is 0.456 e. The van der Waals surface area contributed by atoms with E-state index in [2.05, 4.69) is 10.6 Å². The Morgan fingerprint density at radius 3 is 2.49 bits per heavy atom. The number of aliphatic hydroxyl groups excluding tert-OH is 1. The van der Waals surface area contributed by atoms with Crippen LogP contribution in [0.15, 0.2) is 72.8 Å². The fraction of sp³-hybridized carbons (Fsp3) is 0.393. The summed E-state index contributed by atoms with van der Waals surface area (Å²) in [5.41, 5.74) is 1.81. The highest BCUT2D eigenvalue weighted by Gasteiger charge is 2.25. The van der Waals surface area contributed by atoms with Crippen LogP contribution in [0, 0.1) is 5.92 Å². The van der Waals surface area contributed by atoms with Crippen molar-refractivity contribution in [3.05, 3.63) is 83.9 Å². The van der Waals surface area contributed by atoms with E-state index in [1.165, 1.54) is 0 Å². The van der Waals surface area contributed by atoms with Crippen LogP contribution in [0.2, 0.25) is 0 Å². The predicted octanol–water partition coefficient (Wildman–Crippen LogP) is 3.24. The number of carbonyl (C=O) groups excluding carboxylic acids is 3. The number of rotatable bonds is 7. The molecule has 0 aromatic heterocycles. The molecule has 1 heterocycles. The Bertz CT molecular complexity index is 977. The second-order valence-electron chi connectivity index (χ2n) is 8.77. The Labute approximate surface area is 206 Å². The molecule has 1 aliphatic rings. The van der Waals surface area contributed by atoms with Crippen molar-refractivity contribution >= 4 is 17.8 Å². The quantitative estimate of drug-likeness (QED) is 0.419. The van der Waals surface area contributed by atoms with Crippen molar-refractivity contribution in [1.29, 1.82) is 0 Å². The van der Waals surface area contributed by atoms with Crippen molar-refractivity contribution in [2.45, 2.75) is 50.7 Å². The number of cyclic esters (lactones) is 1. The number of nitrogens with one attached hydrogen (secondary N) is 2. The molecule has 7 nitrogen and oxygen atoms in total. The molecule has 0 radical (unpaired) electrons. The highest BCUT2D eigenvalue weighted by Crippen LogP contribution is 2.20. The molecule has 7 heteroatoms. The van der Waals surface area contributed by atoms with Crippen LogP contribution in [-0.4, -0.2) is 42.1 Å². The Morgan fingerprint density at radius 1 is 1.06 bits per heavy atom. The molecule has 186 valence electrons. The van der Waals surface area contributed by atoms with E-state index in [0.717, 1.165) is 11.1 Å². The molecule has 0 aliphatic carbocycles. The Hall–Kier alpha value is -3.45. The number of amides is 2. The molecule has 0 saturated carbocycles. The lowest BCUT2D eigenvalue weighted by Crippen LogP contribution is -2.42. The minimum absolute atomic E-state index is 0.00272. The molecule has 3 N–H and O–H groups in total. The normalized spacial score (nSPS) is 20.4. The van der Waals surface area contributed by atoms with Gasteiger partial charge in [0.05, 0.1) is 25.1 Å². The molecule has 35 heavy (non-hydrogen) atoms. The number of hydrogen-bond donors (Lipinski definition) is 3. The first-order valence-electron chi connectivity index (χ1n) is 12.2. The molecular weight excluding hydrogens is 444 g/mol. The maximum atomic E-state index is 13.0. The summed E-state index contributed by atoms with van der Waals surface area (Å²) < 4.78 is 5.65. The van der Waals surface area contributed by atoms with Crippen LogP contribution in [-0.2, 0) is 25.5 Å². The molecule has 3 rings (SSSR count). The van der Waals surface area contributed by atoms with Gasteiger partial charge in [-0.2, -0.15) is 0 Å². The smallest absolute Gasteiger partial charge is 0.306 e. The summed E-state index contributed by atoms with van der Waals surface area (Å²) in [7, 11) is 0. The average molecular weight is 479 g/mol. The predicted molar refractivity (Wildman–Crippen MR) is 133 cm³/mol. The number of ether oxygens (including phenoxy) is 1. The van der Waals surface area contributed by atoms with Gasteiger partial charge in [-0.05, 0) is 36.8 Å². The van der Waals surface area contributed by atoms with Crippen LogP contribution in [0.5, 0.6) is 0 Å². The molecule has 2 aromatic rings. The first kappa shape index (κ1) is 26.2. The summed E-state index contributed by atoms with van der Waals surface area (Å²) in [6, 6.07) is 18.5. The first-order chi connectivity index (χ1) is 17.0. The molecular formula is C28H34N2O5. The van der Waals surface area contributed by atoms with E-state index in [4.69, 9.17) is 4.74 Å². The van der Waals surface area contributed by atoms with E-state index in [1.54, 1.807) is 0 Å². The third-order valence-electron chi connectivity index (χ3n) is 5.96. The van der Waals surface area contributed by atoms with E-state index in [-0.39, 0.29) is 37.4 Å². The number of benzene rings is 2. The zero-order chi connectivity index (χ0) is 24.9. The van der Waals surface area contributed by atoms with Crippen molar-refractivity contribution in [2.75, 3.05) is 13.2 Å². The molecule has 0 fully saturated rings. The van der Waals surface area contributed by atoms with Gasteiger partial charge in [-0.15, -0.1) is 0 Å². The zero-order valence-corrected chi connectivity index (χ0v) is 19.9. The summed E-state index contributed by atoms with van der Waals surface area (Å²) in [4.78, 5) is 38.1. The minimum atomic E-state index is -0.597. The van der Waals surface area contributed by atoms with Gasteiger partial charge in [-0.3, -0.25) is 14.4 Å². The maximum absolute atomic E-state index is 13.0. The molecule has 2 aromatic carbocycles. The van der Waals surface area contributed by atoms with Crippen molar-refractivity contribution in [3.63, 3.8) is 0 Å². The van der Waals surface area contributed by atoms with Gasteiger partial charge in [0.1, 0.15) is 6.10 Å². The van der Waals surface area contributed by atoms with Gasteiger partial charge in [-0.25, -0.2) is 0 Å². The summed E-state index contributed by atoms with van der Waals surface area (Å²) in [6.07, 6.45) is 5.79. The van der Waals surface area contributed by atoms with E-state index in [0.29, 0.717) is 32.1 Å². The third kappa shape index (κ3) is 9.02. The monoisotopic (exact) mass is 478 g/mol. The number of aliphatic hydroxyl groups is 1. The van der Waals surface area contributed by atoms with Gasteiger partial charge >= 0.3 is 5.97 Å². The van der Waals surface area contributed by atoms with Gasteiger partial charge < -0.3 is 20.5 Å². The summed E-state index contributed by atoms with van der Waals surface area (Å²) in [6.45, 7) is -0.0643. The van der Waals surface area contributed by atoms with Crippen LogP contribution >= 0.6 is 0 Å². The molecule has 3 atom stereocenters. The van der Waals surface area contributed by atoms with Crippen LogP contribution in [0.3, 0.4) is 0 Å². The lowest BCUT2D eigenvalue weighted by molar-refractivity contribution is -0.150. The van der Waals surface area contributed by atoms with Crippen molar-refractivity contribution in [3.8, 4) is 0 Å². The lowest BCUT2D eigenvalue weighted by Gasteiger charge is -2.22. The molecule has 1 aliphatic heterocycles. The fourth-order valence-corrected chi connectivity index (χ4v) is 4.05. The van der Waals surface area contributed by atoms with Gasteiger partial charge in [0, 0.05) is 12.8 Å². The Balaban J connectivity index is 1.65. The van der Waals surface area contributed by atoms with Gasteiger partial charge in [0.25, 0.3) is 0 Å². The number of allylic oxidation sites excluding steroid dienone is 2. The van der Waals surface area contributed by atoms with E-state index >= 15 is 0 Å². The highest BCUT2D eigenvalue weighted by molar-refractivity contribution is 5.86. The second kappa shape index (κ2) is 14.1. The molecule has 0 bridgehead atoms. The number of esters is 1. The number of hydrogen-bond acceptors (Lipinski definition) is 5. The van der Waals surface area contributed by atoms with Crippen molar-refractivity contribution in [2.24, 2.45) is 5.92 Å². The van der Waals surface area contributed by atoms with E-state index in [9.17, 15) is 19.5 Å². The van der Waals surface area contributed by atoms with Crippen LogP contribution < -0.4 is 10.6 Å². The van der Waals surface area contributed by atoms with Crippen molar-refractivity contribution < 1.29 is 24.2 Å². The molecule has 2 amide bonds. The summed E-state index contributed by atoms with van der Waals surface area (Å²) in [5.74, 6) is -1.44. The van der Waals surface area contributed by atoms with E-state index < -0.39 is 18.1 Å². The Morgan fingerprint density at radius 2 is 1.77 bits per heavy atom. The standard InChI is InChI=1S/C28H34N2O5/c31-20-24(17-21-11-5-3-6-12-21)30-26(32)18-23-15-7-1-2-10-16-27(33)35-25(19-29-28(23)34)22-13-8-4-9-14-22/h1,3-9,11-14,23-25,31H,2,10,15-20H2,(H,29,34)(H,30,32). The molecule has 0 saturated heterocycles. The second-order valence-corrected chi connectivity index (χ2v) is 8.77. The lowest BCUT2D eigenvalue weighted by atomic mass is 9.98. The molecule has 3 unspecified atom stereocenters. The molecule has 0 spiro atoms. The van der Waals surface area contributed by atoms with E-state index in [1.807, 2.05) is 72.8 Å². The average Bonchev–Trinajstić information content (AvgIpc) is 2.89. The van der Waals surface area contributed by atoms with Gasteiger partial charge in [0.2, 0.25) is 11.8 Å². The first-order valence-corrected chi connectivity index (χ1v) is 12.2. The topological polar surface area (TPSA) is 105 Å². The van der Waals surface area contributed by atoms with Gasteiger partial charge in [0.15, 0.2) is 0 Å². The summed E-state index contributed by atoms with van der Waals surface area (Å²) >= 11 is 0. The minimum Gasteiger partial charge on any atom is -0.456 e. The fourth-order valence-electron chi connectivity index (χ4n) is 4.05. The highest BCUT2D eigenvalue weighted by atomic mass is 16.5. The number of carbonyl (C=O) groups is 3. The van der Waals surface area contributed by atoms with Crippen LogP contribution in [0.25, 0.3) is 0 Å². The van der Waals surface area contributed by atoms with Crippen LogP contribution in [0.1, 0.15) is 49.3 Å². The third-order valence-corrected chi connectivity index (χ3v) is 5.96. The van der Waals surface area contributed by atoms with Crippen molar-refractivity contribution in [1.82, 2.24) is 10.6 Å². The van der Waals surface area contributed by atoms with Crippen LogP contribution in [0.4, 0.5) is 0 Å². The maximum Gasteiger partial charge on any atom is 0.306 e. The Kier molecular flexibility index (Phi) is 10.5. The summed E-state index contributed by atoms with van der Waals surface area (Å²) in [5, 5.41) is 15.5. The SMILES string of the molecule is O=C(CC1CC=CCCCC(=O)OC(c2ccccc2)CNC1=O)NC(CO)Cc1ccccc1. The zero-order valence-electron chi connectivity index (χ0n) is 19.9.